The second-order valence-electron chi connectivity index (χ2n) is 4.71. The van der Waals surface area contributed by atoms with Gasteiger partial charge < -0.3 is 10.1 Å². The number of carbonyl (C=O) groups is 1. The Hall–Kier alpha value is -1.56. The van der Waals surface area contributed by atoms with Crippen LogP contribution in [0.25, 0.3) is 0 Å². The molecule has 0 aromatic heterocycles. The van der Waals surface area contributed by atoms with Crippen molar-refractivity contribution >= 4 is 28.5 Å². The number of nitrogens with one attached hydrogen (secondary N) is 1. The molecule has 0 saturated carbocycles. The number of rotatable bonds is 5. The number of hydrogen-bond donors (Lipinski definition) is 1. The molecule has 21 heavy (non-hydrogen) atoms. The lowest BCUT2D eigenvalue weighted by molar-refractivity contribution is 0.0935. The molecule has 0 fully saturated rings. The first-order valence-electron chi connectivity index (χ1n) is 6.84. The monoisotopic (exact) mass is 395 g/mol. The fourth-order valence-electron chi connectivity index (χ4n) is 2.10. The Morgan fingerprint density at radius 2 is 1.76 bits per heavy atom. The molecule has 0 aliphatic rings. The Balaban J connectivity index is 2.10. The summed E-state index contributed by atoms with van der Waals surface area (Å²) in [6.07, 6.45) is 0.836. The van der Waals surface area contributed by atoms with E-state index in [1.807, 2.05) is 48.5 Å². The van der Waals surface area contributed by atoms with Gasteiger partial charge in [-0.2, -0.15) is 0 Å². The van der Waals surface area contributed by atoms with Gasteiger partial charge in [0, 0.05) is 9.13 Å². The number of amides is 1. The number of halogens is 1. The van der Waals surface area contributed by atoms with Crippen LogP contribution in [0.3, 0.4) is 0 Å². The van der Waals surface area contributed by atoms with E-state index in [2.05, 4.69) is 34.8 Å². The van der Waals surface area contributed by atoms with Crippen molar-refractivity contribution in [2.75, 3.05) is 7.11 Å². The second-order valence-corrected chi connectivity index (χ2v) is 5.96. The van der Waals surface area contributed by atoms with Crippen LogP contribution >= 0.6 is 22.6 Å². The highest BCUT2D eigenvalue weighted by molar-refractivity contribution is 14.1. The van der Waals surface area contributed by atoms with E-state index in [9.17, 15) is 4.79 Å². The Labute approximate surface area is 138 Å². The molecule has 3 nitrogen and oxygen atoms in total. The first-order valence-corrected chi connectivity index (χ1v) is 7.92. The molecule has 1 atom stereocenters. The second kappa shape index (κ2) is 7.45. The predicted molar refractivity (Wildman–Crippen MR) is 92.7 cm³/mol. The maximum absolute atomic E-state index is 12.3. The molecule has 0 unspecified atom stereocenters. The third-order valence-corrected chi connectivity index (χ3v) is 4.06. The average molecular weight is 395 g/mol. The molecule has 0 saturated heterocycles. The van der Waals surface area contributed by atoms with E-state index < -0.39 is 0 Å². The third kappa shape index (κ3) is 4.20. The zero-order chi connectivity index (χ0) is 15.2. The zero-order valence-corrected chi connectivity index (χ0v) is 14.3. The quantitative estimate of drug-likeness (QED) is 0.772. The summed E-state index contributed by atoms with van der Waals surface area (Å²) in [5.41, 5.74) is 1.76. The van der Waals surface area contributed by atoms with Crippen LogP contribution in [-0.2, 0) is 0 Å². The zero-order valence-electron chi connectivity index (χ0n) is 12.1. The van der Waals surface area contributed by atoms with Crippen molar-refractivity contribution in [1.29, 1.82) is 0 Å². The number of carbonyl (C=O) groups excluding carboxylic acids is 1. The van der Waals surface area contributed by atoms with E-state index in [4.69, 9.17) is 4.74 Å². The molecular weight excluding hydrogens is 377 g/mol. The van der Waals surface area contributed by atoms with E-state index in [0.29, 0.717) is 5.56 Å². The number of benzene rings is 2. The average Bonchev–Trinajstić information content (AvgIpc) is 2.53. The normalized spacial score (nSPS) is 11.8. The fourth-order valence-corrected chi connectivity index (χ4v) is 2.46. The molecule has 0 spiro atoms. The molecular formula is C17H18INO2. The molecule has 1 amide bonds. The van der Waals surface area contributed by atoms with Crippen LogP contribution in [0, 0.1) is 3.57 Å². The molecule has 0 bridgehead atoms. The molecule has 0 radical (unpaired) electrons. The lowest BCUT2D eigenvalue weighted by Gasteiger charge is -2.18. The van der Waals surface area contributed by atoms with Crippen molar-refractivity contribution in [3.8, 4) is 5.75 Å². The highest BCUT2D eigenvalue weighted by Gasteiger charge is 2.14. The van der Waals surface area contributed by atoms with Crippen LogP contribution < -0.4 is 10.1 Å². The molecule has 2 rings (SSSR count). The van der Waals surface area contributed by atoms with Crippen LogP contribution in [-0.4, -0.2) is 13.0 Å². The van der Waals surface area contributed by atoms with Gasteiger partial charge in [-0.3, -0.25) is 4.79 Å². The van der Waals surface area contributed by atoms with Crippen LogP contribution in [0.5, 0.6) is 5.75 Å². The summed E-state index contributed by atoms with van der Waals surface area (Å²) in [5.74, 6) is 0.770. The van der Waals surface area contributed by atoms with Crippen LogP contribution in [0.15, 0.2) is 48.5 Å². The van der Waals surface area contributed by atoms with E-state index in [0.717, 1.165) is 21.3 Å². The molecule has 4 heteroatoms. The lowest BCUT2D eigenvalue weighted by atomic mass is 10.0. The van der Waals surface area contributed by atoms with Crippen LogP contribution in [0.1, 0.15) is 35.3 Å². The predicted octanol–water partition coefficient (Wildman–Crippen LogP) is 4.18. The summed E-state index contributed by atoms with van der Waals surface area (Å²) in [6, 6.07) is 15.4. The molecule has 110 valence electrons. The summed E-state index contributed by atoms with van der Waals surface area (Å²) >= 11 is 2.23. The topological polar surface area (TPSA) is 38.3 Å². The van der Waals surface area contributed by atoms with Gasteiger partial charge in [-0.15, -0.1) is 0 Å². The highest BCUT2D eigenvalue weighted by Crippen LogP contribution is 2.20. The van der Waals surface area contributed by atoms with Gasteiger partial charge in [0.2, 0.25) is 0 Å². The van der Waals surface area contributed by atoms with Crippen molar-refractivity contribution in [1.82, 2.24) is 5.32 Å². The maximum Gasteiger partial charge on any atom is 0.251 e. The van der Waals surface area contributed by atoms with Crippen molar-refractivity contribution in [2.45, 2.75) is 19.4 Å². The Bertz CT molecular complexity index is 593. The van der Waals surface area contributed by atoms with Gasteiger partial charge >= 0.3 is 0 Å². The van der Waals surface area contributed by atoms with E-state index >= 15 is 0 Å². The van der Waals surface area contributed by atoms with Crippen molar-refractivity contribution in [3.05, 3.63) is 63.2 Å². The summed E-state index contributed by atoms with van der Waals surface area (Å²) in [7, 11) is 1.64. The van der Waals surface area contributed by atoms with Gasteiger partial charge in [0.1, 0.15) is 5.75 Å². The first-order chi connectivity index (χ1) is 10.1. The Morgan fingerprint density at radius 3 is 2.29 bits per heavy atom. The van der Waals surface area contributed by atoms with Gasteiger partial charge in [-0.1, -0.05) is 19.1 Å². The van der Waals surface area contributed by atoms with Crippen LogP contribution in [0.4, 0.5) is 0 Å². The van der Waals surface area contributed by atoms with Gasteiger partial charge in [0.05, 0.1) is 13.2 Å². The smallest absolute Gasteiger partial charge is 0.251 e. The molecule has 2 aromatic rings. The van der Waals surface area contributed by atoms with Gasteiger partial charge in [0.25, 0.3) is 5.91 Å². The number of hydrogen-bond acceptors (Lipinski definition) is 2. The van der Waals surface area contributed by atoms with Gasteiger partial charge in [0.15, 0.2) is 0 Å². The highest BCUT2D eigenvalue weighted by atomic mass is 127. The number of ether oxygens (including phenoxy) is 1. The Kier molecular flexibility index (Phi) is 5.61. The summed E-state index contributed by atoms with van der Waals surface area (Å²) in [6.45, 7) is 2.06. The lowest BCUT2D eigenvalue weighted by Crippen LogP contribution is -2.28. The number of methoxy groups -OCH3 is 1. The van der Waals surface area contributed by atoms with E-state index in [-0.39, 0.29) is 11.9 Å². The molecule has 0 heterocycles. The summed E-state index contributed by atoms with van der Waals surface area (Å²) in [5, 5.41) is 3.07. The molecule has 1 N–H and O–H groups in total. The standard InChI is InChI=1S/C17H18INO2/c1-3-16(12-6-10-15(21-2)11-7-12)19-17(20)13-4-8-14(18)9-5-13/h4-11,16H,3H2,1-2H3,(H,19,20)/t16-/m0/s1. The first kappa shape index (κ1) is 15.8. The van der Waals surface area contributed by atoms with Gasteiger partial charge in [-0.25, -0.2) is 0 Å². The van der Waals surface area contributed by atoms with E-state index in [1.165, 1.54) is 0 Å². The molecule has 0 aliphatic carbocycles. The van der Waals surface area contributed by atoms with E-state index in [1.54, 1.807) is 7.11 Å². The SMILES string of the molecule is CC[C@H](NC(=O)c1ccc(I)cc1)c1ccc(OC)cc1. The summed E-state index contributed by atoms with van der Waals surface area (Å²) in [4.78, 5) is 12.3. The Morgan fingerprint density at radius 1 is 1.14 bits per heavy atom. The van der Waals surface area contributed by atoms with Crippen molar-refractivity contribution < 1.29 is 9.53 Å². The van der Waals surface area contributed by atoms with Crippen LogP contribution in [0.2, 0.25) is 0 Å². The minimum Gasteiger partial charge on any atom is -0.497 e. The van der Waals surface area contributed by atoms with Crippen molar-refractivity contribution in [2.24, 2.45) is 0 Å². The minimum atomic E-state index is -0.0472. The third-order valence-electron chi connectivity index (χ3n) is 3.34. The summed E-state index contributed by atoms with van der Waals surface area (Å²) < 4.78 is 6.27. The molecule has 0 aliphatic heterocycles. The minimum absolute atomic E-state index is 0.00249. The largest absolute Gasteiger partial charge is 0.497 e. The van der Waals surface area contributed by atoms with Gasteiger partial charge in [-0.05, 0) is 71.0 Å². The molecule has 2 aromatic carbocycles. The maximum atomic E-state index is 12.3. The van der Waals surface area contributed by atoms with Crippen molar-refractivity contribution in [3.63, 3.8) is 0 Å². The fraction of sp³-hybridized carbons (Fsp3) is 0.235.